The normalized spacial score (nSPS) is 11.6. The van der Waals surface area contributed by atoms with E-state index in [4.69, 9.17) is 19.4 Å². The van der Waals surface area contributed by atoms with E-state index in [1.165, 1.54) is 10.8 Å². The number of furan rings is 1. The minimum atomic E-state index is 0.614. The number of benzene rings is 6. The first kappa shape index (κ1) is 24.5. The van der Waals surface area contributed by atoms with Crippen molar-refractivity contribution in [2.75, 3.05) is 0 Å². The summed E-state index contributed by atoms with van der Waals surface area (Å²) in [6.45, 7) is 0. The molecular formula is C39H24N4O. The van der Waals surface area contributed by atoms with Gasteiger partial charge in [-0.15, -0.1) is 0 Å². The quantitative estimate of drug-likeness (QED) is 0.213. The SMILES string of the molecule is c1ccc(-c2nc(-c3ccccc3)nc(-c3ccccc3-n3c4ccccc4c4ccc5oc6ccccc6c5c43)n2)cc1. The molecule has 0 spiro atoms. The maximum absolute atomic E-state index is 6.35. The van der Waals surface area contributed by atoms with Gasteiger partial charge in [0.1, 0.15) is 11.2 Å². The second-order valence-corrected chi connectivity index (χ2v) is 10.8. The summed E-state index contributed by atoms with van der Waals surface area (Å²) < 4.78 is 8.69. The molecule has 3 aromatic heterocycles. The Balaban J connectivity index is 1.39. The highest BCUT2D eigenvalue weighted by atomic mass is 16.3. The minimum absolute atomic E-state index is 0.614. The maximum Gasteiger partial charge on any atom is 0.166 e. The molecule has 0 aliphatic rings. The lowest BCUT2D eigenvalue weighted by molar-refractivity contribution is 0.669. The molecule has 0 aliphatic heterocycles. The van der Waals surface area contributed by atoms with Gasteiger partial charge in [-0.1, -0.05) is 109 Å². The van der Waals surface area contributed by atoms with Crippen LogP contribution < -0.4 is 0 Å². The van der Waals surface area contributed by atoms with Crippen LogP contribution in [0.5, 0.6) is 0 Å². The highest BCUT2D eigenvalue weighted by Crippen LogP contribution is 2.42. The molecule has 5 heteroatoms. The predicted molar refractivity (Wildman–Crippen MR) is 178 cm³/mol. The third-order valence-corrected chi connectivity index (χ3v) is 8.26. The zero-order valence-electron chi connectivity index (χ0n) is 23.6. The second-order valence-electron chi connectivity index (χ2n) is 10.8. The van der Waals surface area contributed by atoms with Crippen LogP contribution in [-0.4, -0.2) is 19.5 Å². The largest absolute Gasteiger partial charge is 0.456 e. The molecule has 0 saturated heterocycles. The van der Waals surface area contributed by atoms with Gasteiger partial charge in [-0.2, -0.15) is 0 Å². The zero-order chi connectivity index (χ0) is 29.0. The molecule has 0 unspecified atom stereocenters. The van der Waals surface area contributed by atoms with E-state index in [-0.39, 0.29) is 0 Å². The highest BCUT2D eigenvalue weighted by Gasteiger charge is 2.22. The monoisotopic (exact) mass is 564 g/mol. The van der Waals surface area contributed by atoms with Gasteiger partial charge >= 0.3 is 0 Å². The summed E-state index contributed by atoms with van der Waals surface area (Å²) in [5, 5.41) is 4.53. The summed E-state index contributed by atoms with van der Waals surface area (Å²) in [4.78, 5) is 15.1. The molecule has 0 fully saturated rings. The van der Waals surface area contributed by atoms with Gasteiger partial charge in [0.05, 0.1) is 22.1 Å². The van der Waals surface area contributed by atoms with Crippen molar-refractivity contribution in [2.45, 2.75) is 0 Å². The van der Waals surface area contributed by atoms with Crippen LogP contribution in [0.1, 0.15) is 0 Å². The Kier molecular flexibility index (Phi) is 5.43. The minimum Gasteiger partial charge on any atom is -0.456 e. The number of hydrogen-bond acceptors (Lipinski definition) is 4. The molecule has 0 saturated carbocycles. The van der Waals surface area contributed by atoms with Gasteiger partial charge in [-0.25, -0.2) is 15.0 Å². The van der Waals surface area contributed by atoms with E-state index in [0.29, 0.717) is 17.5 Å². The molecule has 206 valence electrons. The van der Waals surface area contributed by atoms with Crippen molar-refractivity contribution >= 4 is 43.7 Å². The van der Waals surface area contributed by atoms with Crippen molar-refractivity contribution in [2.24, 2.45) is 0 Å². The molecule has 44 heavy (non-hydrogen) atoms. The summed E-state index contributed by atoms with van der Waals surface area (Å²) in [6, 6.07) is 49.6. The predicted octanol–water partition coefficient (Wildman–Crippen LogP) is 9.87. The topological polar surface area (TPSA) is 56.7 Å². The number of rotatable bonds is 4. The summed E-state index contributed by atoms with van der Waals surface area (Å²) in [5.41, 5.74) is 7.71. The lowest BCUT2D eigenvalue weighted by atomic mass is 10.1. The van der Waals surface area contributed by atoms with Crippen molar-refractivity contribution < 1.29 is 4.42 Å². The van der Waals surface area contributed by atoms with Crippen molar-refractivity contribution in [3.8, 4) is 39.9 Å². The Morgan fingerprint density at radius 2 is 1.02 bits per heavy atom. The average molecular weight is 565 g/mol. The van der Waals surface area contributed by atoms with Crippen molar-refractivity contribution in [3.05, 3.63) is 146 Å². The molecule has 3 heterocycles. The van der Waals surface area contributed by atoms with Gasteiger partial charge < -0.3 is 8.98 Å². The molecule has 0 atom stereocenters. The van der Waals surface area contributed by atoms with Crippen molar-refractivity contribution in [1.82, 2.24) is 19.5 Å². The van der Waals surface area contributed by atoms with Crippen LogP contribution in [-0.2, 0) is 0 Å². The number of aromatic nitrogens is 4. The van der Waals surface area contributed by atoms with Gasteiger partial charge in [0.15, 0.2) is 17.5 Å². The lowest BCUT2D eigenvalue weighted by Gasteiger charge is -2.15. The number of para-hydroxylation sites is 3. The molecule has 0 N–H and O–H groups in total. The van der Waals surface area contributed by atoms with Gasteiger partial charge in [0.25, 0.3) is 0 Å². The van der Waals surface area contributed by atoms with Crippen molar-refractivity contribution in [1.29, 1.82) is 0 Å². The van der Waals surface area contributed by atoms with Gasteiger partial charge in [0.2, 0.25) is 0 Å². The Hall–Kier alpha value is -6.07. The van der Waals surface area contributed by atoms with E-state index in [1.807, 2.05) is 78.9 Å². The van der Waals surface area contributed by atoms with Gasteiger partial charge in [0, 0.05) is 32.8 Å². The first-order valence-corrected chi connectivity index (χ1v) is 14.6. The van der Waals surface area contributed by atoms with E-state index >= 15 is 0 Å². The Bertz CT molecular complexity index is 2440. The summed E-state index contributed by atoms with van der Waals surface area (Å²) in [5.74, 6) is 1.88. The summed E-state index contributed by atoms with van der Waals surface area (Å²) >= 11 is 0. The van der Waals surface area contributed by atoms with E-state index in [2.05, 4.69) is 71.3 Å². The lowest BCUT2D eigenvalue weighted by Crippen LogP contribution is -2.03. The van der Waals surface area contributed by atoms with E-state index < -0.39 is 0 Å². The summed E-state index contributed by atoms with van der Waals surface area (Å²) in [6.07, 6.45) is 0. The first-order valence-electron chi connectivity index (χ1n) is 14.6. The van der Waals surface area contributed by atoms with Gasteiger partial charge in [-0.05, 0) is 36.4 Å². The molecular weight excluding hydrogens is 540 g/mol. The number of hydrogen-bond donors (Lipinski definition) is 0. The Morgan fingerprint density at radius 1 is 0.432 bits per heavy atom. The van der Waals surface area contributed by atoms with E-state index in [9.17, 15) is 0 Å². The van der Waals surface area contributed by atoms with Crippen LogP contribution >= 0.6 is 0 Å². The van der Waals surface area contributed by atoms with Crippen molar-refractivity contribution in [3.63, 3.8) is 0 Å². The third-order valence-electron chi connectivity index (χ3n) is 8.26. The highest BCUT2D eigenvalue weighted by molar-refractivity contribution is 6.24. The maximum atomic E-state index is 6.35. The standard InChI is InChI=1S/C39H24N4O/c1-3-13-25(14-4-1)37-40-38(26-15-5-2-6-16-26)42-39(41-37)29-18-8-11-21-32(29)43-31-20-10-7-17-27(31)28-23-24-34-35(36(28)43)30-19-9-12-22-33(30)44-34/h1-24H. The zero-order valence-corrected chi connectivity index (χ0v) is 23.6. The molecule has 0 amide bonds. The smallest absolute Gasteiger partial charge is 0.166 e. The molecule has 0 radical (unpaired) electrons. The van der Waals surface area contributed by atoms with E-state index in [1.54, 1.807) is 0 Å². The first-order chi connectivity index (χ1) is 21.8. The van der Waals surface area contributed by atoms with Crippen LogP contribution in [0.3, 0.4) is 0 Å². The third kappa shape index (κ3) is 3.76. The van der Waals surface area contributed by atoms with Crippen LogP contribution in [0.25, 0.3) is 83.6 Å². The van der Waals surface area contributed by atoms with Crippen LogP contribution in [0.2, 0.25) is 0 Å². The average Bonchev–Trinajstić information content (AvgIpc) is 3.64. The molecule has 6 aromatic carbocycles. The van der Waals surface area contributed by atoms with Crippen LogP contribution in [0.4, 0.5) is 0 Å². The number of fused-ring (bicyclic) bond motifs is 7. The second kappa shape index (κ2) is 9.75. The Morgan fingerprint density at radius 3 is 1.77 bits per heavy atom. The van der Waals surface area contributed by atoms with Crippen LogP contribution in [0, 0.1) is 0 Å². The molecule has 0 aliphatic carbocycles. The number of nitrogens with zero attached hydrogens (tertiary/aromatic N) is 4. The summed E-state index contributed by atoms with van der Waals surface area (Å²) in [7, 11) is 0. The van der Waals surface area contributed by atoms with Crippen LogP contribution in [0.15, 0.2) is 150 Å². The Labute approximate surface area is 252 Å². The molecule has 5 nitrogen and oxygen atoms in total. The molecule has 0 bridgehead atoms. The fraction of sp³-hybridized carbons (Fsp3) is 0. The molecule has 9 rings (SSSR count). The molecule has 9 aromatic rings. The van der Waals surface area contributed by atoms with E-state index in [0.717, 1.165) is 55.3 Å². The van der Waals surface area contributed by atoms with Gasteiger partial charge in [-0.3, -0.25) is 0 Å². The fourth-order valence-electron chi connectivity index (χ4n) is 6.30. The fourth-order valence-corrected chi connectivity index (χ4v) is 6.30.